The van der Waals surface area contributed by atoms with Crippen LogP contribution >= 0.6 is 11.6 Å². The Morgan fingerprint density at radius 2 is 1.84 bits per heavy atom. The first-order valence-electron chi connectivity index (χ1n) is 9.82. The number of carbonyl (C=O) groups excluding carboxylic acids is 1. The molecule has 1 amide bonds. The number of aromatic nitrogens is 3. The highest BCUT2D eigenvalue weighted by Gasteiger charge is 2.12. The molecule has 3 aromatic carbocycles. The van der Waals surface area contributed by atoms with Crippen LogP contribution in [0.25, 0.3) is 22.8 Å². The van der Waals surface area contributed by atoms with Gasteiger partial charge in [0.1, 0.15) is 16.1 Å². The molecule has 1 aromatic heterocycles. The highest BCUT2D eigenvalue weighted by atomic mass is 35.5. The van der Waals surface area contributed by atoms with Crippen molar-refractivity contribution in [3.8, 4) is 5.69 Å². The minimum atomic E-state index is -0.569. The third kappa shape index (κ3) is 4.65. The molecule has 0 unspecified atom stereocenters. The quantitative estimate of drug-likeness (QED) is 0.248. The molecule has 0 fully saturated rings. The minimum Gasteiger partial charge on any atom is -0.322 e. The standard InChI is InChI=1S/C23H18ClN5O3/c1-2-15-3-8-18(9-4-15)28-26-20-11-7-17(14-21(20)27-28)25-23(30)12-6-16-5-10-19(24)22(13-16)29(31)32/h3-14H,2H2,1H3,(H,25,30)/b12-6+. The lowest BCUT2D eigenvalue weighted by Crippen LogP contribution is -2.07. The number of rotatable bonds is 6. The summed E-state index contributed by atoms with van der Waals surface area (Å²) in [4.78, 5) is 24.3. The minimum absolute atomic E-state index is 0.0410. The molecular formula is C23H18ClN5O3. The molecule has 160 valence electrons. The van der Waals surface area contributed by atoms with E-state index in [9.17, 15) is 14.9 Å². The molecule has 0 radical (unpaired) electrons. The number of hydrogen-bond donors (Lipinski definition) is 1. The summed E-state index contributed by atoms with van der Waals surface area (Å²) in [7, 11) is 0. The maximum Gasteiger partial charge on any atom is 0.288 e. The average Bonchev–Trinajstić information content (AvgIpc) is 3.22. The number of nitro groups is 1. The first-order valence-corrected chi connectivity index (χ1v) is 10.2. The van der Waals surface area contributed by atoms with Crippen molar-refractivity contribution >= 4 is 46.0 Å². The summed E-state index contributed by atoms with van der Waals surface area (Å²) in [5, 5.41) is 22.8. The van der Waals surface area contributed by atoms with Crippen molar-refractivity contribution in [1.82, 2.24) is 15.0 Å². The topological polar surface area (TPSA) is 103 Å². The number of fused-ring (bicyclic) bond motifs is 1. The predicted molar refractivity (Wildman–Crippen MR) is 124 cm³/mol. The number of nitro benzene ring substituents is 1. The molecule has 1 heterocycles. The molecule has 0 aliphatic heterocycles. The van der Waals surface area contributed by atoms with Gasteiger partial charge in [-0.2, -0.15) is 4.80 Å². The van der Waals surface area contributed by atoms with Crippen LogP contribution < -0.4 is 5.32 Å². The fraction of sp³-hybridized carbons (Fsp3) is 0.0870. The van der Waals surface area contributed by atoms with Gasteiger partial charge in [0.15, 0.2) is 0 Å². The zero-order valence-electron chi connectivity index (χ0n) is 17.0. The van der Waals surface area contributed by atoms with E-state index < -0.39 is 4.92 Å². The van der Waals surface area contributed by atoms with Gasteiger partial charge in [-0.05, 0) is 60.0 Å². The van der Waals surface area contributed by atoms with Crippen LogP contribution in [0.3, 0.4) is 0 Å². The van der Waals surface area contributed by atoms with Crippen LogP contribution in [-0.4, -0.2) is 25.8 Å². The number of carbonyl (C=O) groups is 1. The molecule has 32 heavy (non-hydrogen) atoms. The molecule has 0 atom stereocenters. The molecule has 9 heteroatoms. The van der Waals surface area contributed by atoms with Crippen LogP contribution in [0.5, 0.6) is 0 Å². The summed E-state index contributed by atoms with van der Waals surface area (Å²) in [6.07, 6.45) is 3.73. The van der Waals surface area contributed by atoms with E-state index in [1.807, 2.05) is 24.3 Å². The SMILES string of the molecule is CCc1ccc(-n2nc3ccc(NC(=O)/C=C/c4ccc(Cl)c([N+](=O)[O-])c4)cc3n2)cc1. The Kier molecular flexibility index (Phi) is 5.96. The normalized spacial score (nSPS) is 11.2. The second-order valence-corrected chi connectivity index (χ2v) is 7.41. The summed E-state index contributed by atoms with van der Waals surface area (Å²) in [6.45, 7) is 2.10. The smallest absolute Gasteiger partial charge is 0.288 e. The molecule has 4 aromatic rings. The van der Waals surface area contributed by atoms with Crippen LogP contribution in [0.15, 0.2) is 66.7 Å². The van der Waals surface area contributed by atoms with Crippen molar-refractivity contribution in [2.45, 2.75) is 13.3 Å². The number of nitrogens with zero attached hydrogens (tertiary/aromatic N) is 4. The van der Waals surface area contributed by atoms with Crippen molar-refractivity contribution in [2.24, 2.45) is 0 Å². The van der Waals surface area contributed by atoms with E-state index in [-0.39, 0.29) is 16.6 Å². The lowest BCUT2D eigenvalue weighted by molar-refractivity contribution is -0.384. The number of hydrogen-bond acceptors (Lipinski definition) is 5. The van der Waals surface area contributed by atoms with E-state index in [0.29, 0.717) is 22.3 Å². The summed E-state index contributed by atoms with van der Waals surface area (Å²) in [5.41, 5.74) is 4.26. The summed E-state index contributed by atoms with van der Waals surface area (Å²) in [6, 6.07) is 17.6. The Labute approximate surface area is 188 Å². The van der Waals surface area contributed by atoms with Gasteiger partial charge in [-0.3, -0.25) is 14.9 Å². The van der Waals surface area contributed by atoms with Gasteiger partial charge in [-0.15, -0.1) is 10.2 Å². The van der Waals surface area contributed by atoms with Crippen molar-refractivity contribution in [1.29, 1.82) is 0 Å². The highest BCUT2D eigenvalue weighted by Crippen LogP contribution is 2.25. The molecule has 1 N–H and O–H groups in total. The number of nitrogens with one attached hydrogen (secondary N) is 1. The molecule has 0 saturated carbocycles. The van der Waals surface area contributed by atoms with Crippen LogP contribution in [0.1, 0.15) is 18.1 Å². The van der Waals surface area contributed by atoms with Gasteiger partial charge in [0, 0.05) is 17.8 Å². The molecule has 8 nitrogen and oxygen atoms in total. The van der Waals surface area contributed by atoms with Crippen molar-refractivity contribution in [2.75, 3.05) is 5.32 Å². The van der Waals surface area contributed by atoms with Gasteiger partial charge in [0.25, 0.3) is 5.69 Å². The van der Waals surface area contributed by atoms with Gasteiger partial charge in [0.05, 0.1) is 10.6 Å². The van der Waals surface area contributed by atoms with E-state index in [4.69, 9.17) is 11.6 Å². The summed E-state index contributed by atoms with van der Waals surface area (Å²) < 4.78 is 0. The van der Waals surface area contributed by atoms with Gasteiger partial charge in [-0.1, -0.05) is 36.7 Å². The highest BCUT2D eigenvalue weighted by molar-refractivity contribution is 6.32. The molecule has 0 saturated heterocycles. The van der Waals surface area contributed by atoms with Crippen molar-refractivity contribution in [3.63, 3.8) is 0 Å². The average molecular weight is 448 g/mol. The molecular weight excluding hydrogens is 430 g/mol. The van der Waals surface area contributed by atoms with E-state index >= 15 is 0 Å². The molecule has 0 spiro atoms. The Hall–Kier alpha value is -4.04. The number of anilines is 1. The van der Waals surface area contributed by atoms with Crippen molar-refractivity contribution in [3.05, 3.63) is 93.0 Å². The van der Waals surface area contributed by atoms with E-state index in [1.165, 1.54) is 29.8 Å². The zero-order chi connectivity index (χ0) is 22.7. The van der Waals surface area contributed by atoms with Crippen molar-refractivity contribution < 1.29 is 9.72 Å². The monoisotopic (exact) mass is 447 g/mol. The number of aryl methyl sites for hydroxylation is 1. The molecule has 0 aliphatic rings. The largest absolute Gasteiger partial charge is 0.322 e. The maximum atomic E-state index is 12.3. The predicted octanol–water partition coefficient (Wildman–Crippen LogP) is 5.20. The van der Waals surface area contributed by atoms with Gasteiger partial charge in [0.2, 0.25) is 5.91 Å². The van der Waals surface area contributed by atoms with E-state index in [2.05, 4.69) is 22.4 Å². The van der Waals surface area contributed by atoms with Crippen LogP contribution in [0, 0.1) is 10.1 Å². The molecule has 0 bridgehead atoms. The third-order valence-electron chi connectivity index (χ3n) is 4.82. The third-order valence-corrected chi connectivity index (χ3v) is 5.14. The Bertz CT molecular complexity index is 1350. The Morgan fingerprint density at radius 1 is 1.09 bits per heavy atom. The summed E-state index contributed by atoms with van der Waals surface area (Å²) >= 11 is 5.81. The first-order chi connectivity index (χ1) is 15.4. The lowest BCUT2D eigenvalue weighted by Gasteiger charge is -2.01. The second-order valence-electron chi connectivity index (χ2n) is 7.00. The lowest BCUT2D eigenvalue weighted by atomic mass is 10.2. The van der Waals surface area contributed by atoms with E-state index in [0.717, 1.165) is 12.1 Å². The first kappa shape index (κ1) is 21.2. The second kappa shape index (κ2) is 8.99. The summed E-state index contributed by atoms with van der Waals surface area (Å²) in [5.74, 6) is -0.385. The number of halogens is 1. The Balaban J connectivity index is 1.49. The number of amides is 1. The molecule has 0 aliphatic carbocycles. The Morgan fingerprint density at radius 3 is 2.56 bits per heavy atom. The number of benzene rings is 3. The maximum absolute atomic E-state index is 12.3. The van der Waals surface area contributed by atoms with Gasteiger partial charge >= 0.3 is 0 Å². The zero-order valence-corrected chi connectivity index (χ0v) is 17.8. The van der Waals surface area contributed by atoms with Crippen LogP contribution in [0.2, 0.25) is 5.02 Å². The molecule has 4 rings (SSSR count). The van der Waals surface area contributed by atoms with Gasteiger partial charge < -0.3 is 5.32 Å². The van der Waals surface area contributed by atoms with E-state index in [1.54, 1.807) is 29.1 Å². The van der Waals surface area contributed by atoms with Crippen LogP contribution in [-0.2, 0) is 11.2 Å². The van der Waals surface area contributed by atoms with Crippen LogP contribution in [0.4, 0.5) is 11.4 Å². The fourth-order valence-corrected chi connectivity index (χ4v) is 3.29. The van der Waals surface area contributed by atoms with Gasteiger partial charge in [-0.25, -0.2) is 0 Å². The fourth-order valence-electron chi connectivity index (χ4n) is 3.10.